The molecule has 3 nitrogen and oxygen atoms in total. The van der Waals surface area contributed by atoms with Gasteiger partial charge in [-0.05, 0) is 54.4 Å². The molecule has 106 valence electrons. The van der Waals surface area contributed by atoms with Crippen molar-refractivity contribution in [3.63, 3.8) is 0 Å². The summed E-state index contributed by atoms with van der Waals surface area (Å²) in [4.78, 5) is 0. The molecule has 0 saturated heterocycles. The number of aliphatic hydroxyl groups excluding tert-OH is 1. The van der Waals surface area contributed by atoms with Gasteiger partial charge in [-0.1, -0.05) is 19.9 Å². The van der Waals surface area contributed by atoms with Crippen molar-refractivity contribution in [1.82, 2.24) is 5.32 Å². The Morgan fingerprint density at radius 2 is 2.16 bits per heavy atom. The molecule has 1 aromatic rings. The number of hydrogen-bond donors (Lipinski definition) is 3. The van der Waals surface area contributed by atoms with Crippen LogP contribution in [0.4, 0.5) is 0 Å². The van der Waals surface area contributed by atoms with Crippen molar-refractivity contribution in [2.75, 3.05) is 13.2 Å². The molecule has 0 fully saturated rings. The summed E-state index contributed by atoms with van der Waals surface area (Å²) in [6.07, 6.45) is 4.04. The second kappa shape index (κ2) is 5.93. The number of fused-ring (bicyclic) bond motifs is 1. The first kappa shape index (κ1) is 14.4. The van der Waals surface area contributed by atoms with Gasteiger partial charge >= 0.3 is 0 Å². The van der Waals surface area contributed by atoms with Crippen LogP contribution in [0.1, 0.15) is 50.3 Å². The zero-order chi connectivity index (χ0) is 13.9. The summed E-state index contributed by atoms with van der Waals surface area (Å²) in [6, 6.07) is 6.10. The third kappa shape index (κ3) is 3.71. The maximum Gasteiger partial charge on any atom is 0.115 e. The van der Waals surface area contributed by atoms with E-state index in [1.165, 1.54) is 11.1 Å². The molecule has 0 aromatic heterocycles. The normalized spacial score (nSPS) is 18.6. The van der Waals surface area contributed by atoms with Gasteiger partial charge in [0.05, 0.1) is 0 Å². The maximum absolute atomic E-state index is 9.49. The predicted molar refractivity (Wildman–Crippen MR) is 77.3 cm³/mol. The first-order valence-corrected chi connectivity index (χ1v) is 7.18. The van der Waals surface area contributed by atoms with E-state index in [2.05, 4.69) is 19.2 Å². The number of aromatic hydroxyl groups is 1. The smallest absolute Gasteiger partial charge is 0.115 e. The molecule has 0 bridgehead atoms. The highest BCUT2D eigenvalue weighted by Gasteiger charge is 2.25. The summed E-state index contributed by atoms with van der Waals surface area (Å²) in [6.45, 7) is 5.71. The first-order chi connectivity index (χ1) is 9.02. The molecule has 0 aliphatic heterocycles. The Morgan fingerprint density at radius 1 is 1.37 bits per heavy atom. The lowest BCUT2D eigenvalue weighted by molar-refractivity contribution is 0.231. The highest BCUT2D eigenvalue weighted by molar-refractivity contribution is 5.40. The molecular weight excluding hydrogens is 238 g/mol. The zero-order valence-electron chi connectivity index (χ0n) is 11.9. The molecule has 1 unspecified atom stereocenters. The standard InChI is InChI=1S/C16H25NO2/c1-16(2,8-3-9-18)11-17-15-7-4-12-10-13(19)5-6-14(12)15/h5-6,10,15,17-19H,3-4,7-9,11H2,1-2H3. The Morgan fingerprint density at radius 3 is 2.89 bits per heavy atom. The average Bonchev–Trinajstić information content (AvgIpc) is 2.76. The summed E-state index contributed by atoms with van der Waals surface area (Å²) in [5, 5.41) is 22.1. The Bertz CT molecular complexity index is 429. The van der Waals surface area contributed by atoms with Crippen LogP contribution in [0.5, 0.6) is 5.75 Å². The fraction of sp³-hybridized carbons (Fsp3) is 0.625. The van der Waals surface area contributed by atoms with Crippen LogP contribution in [0.25, 0.3) is 0 Å². The second-order valence-corrected chi connectivity index (χ2v) is 6.35. The lowest BCUT2D eigenvalue weighted by Gasteiger charge is -2.27. The summed E-state index contributed by atoms with van der Waals surface area (Å²) >= 11 is 0. The summed E-state index contributed by atoms with van der Waals surface area (Å²) in [5.41, 5.74) is 2.81. The molecule has 3 N–H and O–H groups in total. The quantitative estimate of drug-likeness (QED) is 0.739. The topological polar surface area (TPSA) is 52.5 Å². The molecule has 3 heteroatoms. The molecular formula is C16H25NO2. The molecule has 0 heterocycles. The molecule has 1 atom stereocenters. The second-order valence-electron chi connectivity index (χ2n) is 6.35. The molecule has 2 rings (SSSR count). The van der Waals surface area contributed by atoms with Gasteiger partial charge in [-0.2, -0.15) is 0 Å². The van der Waals surface area contributed by atoms with Crippen molar-refractivity contribution < 1.29 is 10.2 Å². The number of rotatable bonds is 6. The Labute approximate surface area is 115 Å². The number of aryl methyl sites for hydroxylation is 1. The Kier molecular flexibility index (Phi) is 4.48. The molecule has 1 aliphatic carbocycles. The van der Waals surface area contributed by atoms with E-state index < -0.39 is 0 Å². The molecule has 1 aliphatic rings. The molecule has 1 aromatic carbocycles. The van der Waals surface area contributed by atoms with E-state index in [0.29, 0.717) is 11.8 Å². The largest absolute Gasteiger partial charge is 0.508 e. The number of benzene rings is 1. The van der Waals surface area contributed by atoms with Gasteiger partial charge < -0.3 is 15.5 Å². The van der Waals surface area contributed by atoms with Crippen molar-refractivity contribution in [1.29, 1.82) is 0 Å². The molecule has 0 radical (unpaired) electrons. The van der Waals surface area contributed by atoms with Crippen molar-refractivity contribution in [3.05, 3.63) is 29.3 Å². The van der Waals surface area contributed by atoms with Gasteiger partial charge in [-0.15, -0.1) is 0 Å². The molecule has 19 heavy (non-hydrogen) atoms. The van der Waals surface area contributed by atoms with E-state index in [1.54, 1.807) is 6.07 Å². The van der Waals surface area contributed by atoms with E-state index >= 15 is 0 Å². The third-order valence-electron chi connectivity index (χ3n) is 4.04. The van der Waals surface area contributed by atoms with Crippen molar-refractivity contribution in [2.24, 2.45) is 5.41 Å². The highest BCUT2D eigenvalue weighted by Crippen LogP contribution is 2.34. The van der Waals surface area contributed by atoms with Crippen molar-refractivity contribution in [2.45, 2.75) is 45.6 Å². The monoisotopic (exact) mass is 263 g/mol. The van der Waals surface area contributed by atoms with Crippen LogP contribution in [0.3, 0.4) is 0 Å². The minimum atomic E-state index is 0.211. The van der Waals surface area contributed by atoms with E-state index in [9.17, 15) is 5.11 Å². The Hall–Kier alpha value is -1.06. The first-order valence-electron chi connectivity index (χ1n) is 7.18. The van der Waals surface area contributed by atoms with Gasteiger partial charge in [-0.3, -0.25) is 0 Å². The third-order valence-corrected chi connectivity index (χ3v) is 4.04. The number of nitrogens with one attached hydrogen (secondary N) is 1. The zero-order valence-corrected chi connectivity index (χ0v) is 11.9. The van der Waals surface area contributed by atoms with Gasteiger partial charge in [-0.25, -0.2) is 0 Å². The fourth-order valence-electron chi connectivity index (χ4n) is 2.86. The van der Waals surface area contributed by atoms with Gasteiger partial charge in [0.2, 0.25) is 0 Å². The van der Waals surface area contributed by atoms with Gasteiger partial charge in [0.25, 0.3) is 0 Å². The van der Waals surface area contributed by atoms with Gasteiger partial charge in [0, 0.05) is 19.2 Å². The van der Waals surface area contributed by atoms with Crippen molar-refractivity contribution >= 4 is 0 Å². The van der Waals surface area contributed by atoms with E-state index in [1.807, 2.05) is 12.1 Å². The van der Waals surface area contributed by atoms with Crippen LogP contribution in [-0.2, 0) is 6.42 Å². The predicted octanol–water partition coefficient (Wildman–Crippen LogP) is 2.77. The summed E-state index contributed by atoms with van der Waals surface area (Å²) < 4.78 is 0. The lowest BCUT2D eigenvalue weighted by atomic mass is 9.87. The number of hydrogen-bond acceptors (Lipinski definition) is 3. The van der Waals surface area contributed by atoms with Crippen LogP contribution >= 0.6 is 0 Å². The average molecular weight is 263 g/mol. The van der Waals surface area contributed by atoms with Gasteiger partial charge in [0.1, 0.15) is 5.75 Å². The van der Waals surface area contributed by atoms with Crippen LogP contribution in [-0.4, -0.2) is 23.4 Å². The van der Waals surface area contributed by atoms with E-state index in [0.717, 1.165) is 32.2 Å². The number of phenols is 1. The number of aliphatic hydroxyl groups is 1. The van der Waals surface area contributed by atoms with Crippen LogP contribution in [0.2, 0.25) is 0 Å². The minimum Gasteiger partial charge on any atom is -0.508 e. The van der Waals surface area contributed by atoms with Crippen LogP contribution in [0.15, 0.2) is 18.2 Å². The van der Waals surface area contributed by atoms with Gasteiger partial charge in [0.15, 0.2) is 0 Å². The SMILES string of the molecule is CC(C)(CCCO)CNC1CCc2cc(O)ccc21. The maximum atomic E-state index is 9.49. The summed E-state index contributed by atoms with van der Waals surface area (Å²) in [7, 11) is 0. The number of phenolic OH excluding ortho intramolecular Hbond substituents is 1. The van der Waals surface area contributed by atoms with E-state index in [-0.39, 0.29) is 12.0 Å². The van der Waals surface area contributed by atoms with Crippen molar-refractivity contribution in [3.8, 4) is 5.75 Å². The molecule has 0 spiro atoms. The minimum absolute atomic E-state index is 0.211. The van der Waals surface area contributed by atoms with Crippen LogP contribution in [0, 0.1) is 5.41 Å². The fourth-order valence-corrected chi connectivity index (χ4v) is 2.86. The van der Waals surface area contributed by atoms with Crippen LogP contribution < -0.4 is 5.32 Å². The highest BCUT2D eigenvalue weighted by atomic mass is 16.3. The summed E-state index contributed by atoms with van der Waals surface area (Å²) in [5.74, 6) is 0.364. The molecule has 0 saturated carbocycles. The lowest BCUT2D eigenvalue weighted by Crippen LogP contribution is -2.31. The Balaban J connectivity index is 1.92. The molecule has 0 amide bonds. The van der Waals surface area contributed by atoms with E-state index in [4.69, 9.17) is 5.11 Å².